The highest BCUT2D eigenvalue weighted by Gasteiger charge is 2.20. The second-order valence-electron chi connectivity index (χ2n) is 12.9. The van der Waals surface area contributed by atoms with Crippen molar-refractivity contribution in [2.45, 2.75) is 0 Å². The monoisotopic (exact) mass is 637 g/mol. The van der Waals surface area contributed by atoms with Gasteiger partial charge < -0.3 is 9.32 Å². The molecule has 0 saturated heterocycles. The van der Waals surface area contributed by atoms with E-state index in [2.05, 4.69) is 193 Å². The lowest BCUT2D eigenvalue weighted by Gasteiger charge is -2.28. The summed E-state index contributed by atoms with van der Waals surface area (Å²) in [5.74, 6) is 0. The zero-order valence-electron chi connectivity index (χ0n) is 27.3. The van der Waals surface area contributed by atoms with Gasteiger partial charge in [-0.2, -0.15) is 0 Å². The molecule has 0 atom stereocenters. The highest BCUT2D eigenvalue weighted by Crippen LogP contribution is 2.45. The molecule has 2 nitrogen and oxygen atoms in total. The maximum Gasteiger partial charge on any atom is 0.143 e. The zero-order valence-corrected chi connectivity index (χ0v) is 27.3. The number of hydrogen-bond acceptors (Lipinski definition) is 2. The number of rotatable bonds is 5. The molecule has 10 rings (SSSR count). The van der Waals surface area contributed by atoms with Gasteiger partial charge in [0.2, 0.25) is 0 Å². The minimum atomic E-state index is 0.900. The van der Waals surface area contributed by atoms with Crippen LogP contribution in [-0.4, -0.2) is 0 Å². The summed E-state index contributed by atoms with van der Waals surface area (Å²) in [5.41, 5.74) is 9.66. The fourth-order valence-electron chi connectivity index (χ4n) is 7.68. The quantitative estimate of drug-likeness (QED) is 0.175. The molecule has 0 radical (unpaired) electrons. The molecule has 0 aliphatic carbocycles. The lowest BCUT2D eigenvalue weighted by molar-refractivity contribution is 0.670. The van der Waals surface area contributed by atoms with E-state index in [-0.39, 0.29) is 0 Å². The van der Waals surface area contributed by atoms with Crippen molar-refractivity contribution in [2.24, 2.45) is 0 Å². The summed E-state index contributed by atoms with van der Waals surface area (Å²) in [6.07, 6.45) is 0. The van der Waals surface area contributed by atoms with Crippen molar-refractivity contribution in [3.05, 3.63) is 188 Å². The molecule has 0 aliphatic heterocycles. The number of fused-ring (bicyclic) bond motifs is 7. The van der Waals surface area contributed by atoms with Crippen LogP contribution in [-0.2, 0) is 0 Å². The van der Waals surface area contributed by atoms with E-state index in [1.165, 1.54) is 43.4 Å². The number of furan rings is 1. The van der Waals surface area contributed by atoms with Gasteiger partial charge in [0.15, 0.2) is 0 Å². The molecule has 10 aromatic rings. The summed E-state index contributed by atoms with van der Waals surface area (Å²) >= 11 is 0. The van der Waals surface area contributed by atoms with Gasteiger partial charge in [0.25, 0.3) is 0 Å². The molecule has 0 bridgehead atoms. The maximum atomic E-state index is 6.70. The molecular formula is C48H31NO. The Kier molecular flexibility index (Phi) is 6.53. The van der Waals surface area contributed by atoms with Crippen LogP contribution < -0.4 is 4.90 Å². The van der Waals surface area contributed by atoms with Gasteiger partial charge in [-0.3, -0.25) is 0 Å². The topological polar surface area (TPSA) is 16.4 Å². The van der Waals surface area contributed by atoms with E-state index in [1.54, 1.807) is 0 Å². The molecule has 50 heavy (non-hydrogen) atoms. The molecular weight excluding hydrogens is 607 g/mol. The van der Waals surface area contributed by atoms with E-state index >= 15 is 0 Å². The van der Waals surface area contributed by atoms with Crippen LogP contribution in [0.15, 0.2) is 192 Å². The minimum absolute atomic E-state index is 0.900. The largest absolute Gasteiger partial charge is 0.455 e. The molecule has 0 amide bonds. The fourth-order valence-corrected chi connectivity index (χ4v) is 7.68. The molecule has 9 aromatic carbocycles. The summed E-state index contributed by atoms with van der Waals surface area (Å²) in [7, 11) is 0. The summed E-state index contributed by atoms with van der Waals surface area (Å²) in [6, 6.07) is 67.4. The fraction of sp³-hybridized carbons (Fsp3) is 0. The Labute approximate surface area is 290 Å². The lowest BCUT2D eigenvalue weighted by atomic mass is 9.94. The Hall–Kier alpha value is -6.64. The maximum absolute atomic E-state index is 6.70. The lowest BCUT2D eigenvalue weighted by Crippen LogP contribution is -2.11. The van der Waals surface area contributed by atoms with Crippen molar-refractivity contribution < 1.29 is 4.42 Å². The first-order chi connectivity index (χ1) is 24.8. The van der Waals surface area contributed by atoms with Crippen LogP contribution in [0.4, 0.5) is 17.1 Å². The molecule has 0 saturated carbocycles. The predicted molar refractivity (Wildman–Crippen MR) is 212 cm³/mol. The summed E-state index contributed by atoms with van der Waals surface area (Å²) in [5, 5.41) is 9.72. The highest BCUT2D eigenvalue weighted by molar-refractivity contribution is 6.14. The van der Waals surface area contributed by atoms with E-state index in [0.29, 0.717) is 0 Å². The zero-order chi connectivity index (χ0) is 33.0. The third kappa shape index (κ3) is 4.57. The molecule has 2 heteroatoms. The molecule has 0 aliphatic rings. The average molecular weight is 638 g/mol. The van der Waals surface area contributed by atoms with Crippen LogP contribution in [0.5, 0.6) is 0 Å². The first-order valence-corrected chi connectivity index (χ1v) is 17.1. The van der Waals surface area contributed by atoms with Gasteiger partial charge in [-0.15, -0.1) is 0 Å². The highest BCUT2D eigenvalue weighted by atomic mass is 16.3. The van der Waals surface area contributed by atoms with Crippen LogP contribution in [0, 0.1) is 0 Å². The molecule has 234 valence electrons. The molecule has 0 fully saturated rings. The Morgan fingerprint density at radius 2 is 0.960 bits per heavy atom. The number of anilines is 3. The summed E-state index contributed by atoms with van der Waals surface area (Å²) < 4.78 is 6.70. The smallest absolute Gasteiger partial charge is 0.143 e. The van der Waals surface area contributed by atoms with Crippen LogP contribution in [0.2, 0.25) is 0 Å². The molecule has 0 spiro atoms. The minimum Gasteiger partial charge on any atom is -0.455 e. The van der Waals surface area contributed by atoms with Gasteiger partial charge in [-0.1, -0.05) is 146 Å². The van der Waals surface area contributed by atoms with Gasteiger partial charge in [0, 0.05) is 33.3 Å². The standard InChI is InChI=1S/C48H31NO/c1-2-15-36(16-3-1)49(37-27-24-33(25-28-37)39-19-10-20-40-38-17-7-6-12-32(38)26-29-41(39)40)46-23-9-8-18-42(46)43-21-11-22-44-45-30-34-13-4-5-14-35(34)31-47(45)50-48(43)44/h1-31H. The van der Waals surface area contributed by atoms with Crippen molar-refractivity contribution >= 4 is 71.3 Å². The van der Waals surface area contributed by atoms with Crippen LogP contribution in [0.25, 0.3) is 76.5 Å². The summed E-state index contributed by atoms with van der Waals surface area (Å²) in [6.45, 7) is 0. The first kappa shape index (κ1) is 28.4. The van der Waals surface area contributed by atoms with Gasteiger partial charge in [-0.05, 0) is 85.9 Å². The third-order valence-corrected chi connectivity index (χ3v) is 10.0. The Bertz CT molecular complexity index is 2870. The molecule has 1 aromatic heterocycles. The van der Waals surface area contributed by atoms with Crippen molar-refractivity contribution in [3.8, 4) is 22.3 Å². The summed E-state index contributed by atoms with van der Waals surface area (Å²) in [4.78, 5) is 2.35. The van der Waals surface area contributed by atoms with E-state index in [9.17, 15) is 0 Å². The van der Waals surface area contributed by atoms with E-state index in [1.807, 2.05) is 0 Å². The van der Waals surface area contributed by atoms with Gasteiger partial charge in [0.1, 0.15) is 11.2 Å². The predicted octanol–water partition coefficient (Wildman–Crippen LogP) is 13.8. The Balaban J connectivity index is 1.12. The van der Waals surface area contributed by atoms with Gasteiger partial charge >= 0.3 is 0 Å². The number of nitrogens with zero attached hydrogens (tertiary/aromatic N) is 1. The van der Waals surface area contributed by atoms with Gasteiger partial charge in [0.05, 0.1) is 5.69 Å². The van der Waals surface area contributed by atoms with E-state index < -0.39 is 0 Å². The number of para-hydroxylation sites is 3. The van der Waals surface area contributed by atoms with Gasteiger partial charge in [-0.25, -0.2) is 0 Å². The molecule has 0 N–H and O–H groups in total. The van der Waals surface area contributed by atoms with Crippen molar-refractivity contribution in [1.29, 1.82) is 0 Å². The molecule has 1 heterocycles. The normalized spacial score (nSPS) is 11.6. The van der Waals surface area contributed by atoms with E-state index in [0.717, 1.165) is 50.1 Å². The second kappa shape index (κ2) is 11.5. The second-order valence-corrected chi connectivity index (χ2v) is 12.9. The number of hydrogen-bond donors (Lipinski definition) is 0. The van der Waals surface area contributed by atoms with Crippen molar-refractivity contribution in [2.75, 3.05) is 4.90 Å². The van der Waals surface area contributed by atoms with Crippen LogP contribution >= 0.6 is 0 Å². The average Bonchev–Trinajstić information content (AvgIpc) is 3.55. The number of benzene rings is 9. The Morgan fingerprint density at radius 1 is 0.340 bits per heavy atom. The molecule has 0 unspecified atom stereocenters. The van der Waals surface area contributed by atoms with Crippen molar-refractivity contribution in [3.63, 3.8) is 0 Å². The first-order valence-electron chi connectivity index (χ1n) is 17.1. The SMILES string of the molecule is c1ccc(N(c2ccc(-c3cccc4c3ccc3ccccc34)cc2)c2ccccc2-c2cccc3c2oc2cc4ccccc4cc23)cc1. The van der Waals surface area contributed by atoms with Crippen LogP contribution in [0.1, 0.15) is 0 Å². The van der Waals surface area contributed by atoms with Crippen molar-refractivity contribution in [1.82, 2.24) is 0 Å². The van der Waals surface area contributed by atoms with Crippen LogP contribution in [0.3, 0.4) is 0 Å². The third-order valence-electron chi connectivity index (χ3n) is 10.0. The van der Waals surface area contributed by atoms with E-state index in [4.69, 9.17) is 4.42 Å². The Morgan fingerprint density at radius 3 is 1.80 bits per heavy atom.